The topological polar surface area (TPSA) is 131 Å². The van der Waals surface area contributed by atoms with E-state index in [0.29, 0.717) is 37.5 Å². The largest absolute Gasteiger partial charge is 0.514 e. The number of carbonyl (C=O) groups excluding carboxylic acids is 3. The number of nitrogens with zero attached hydrogens (tertiary/aromatic N) is 2. The maximum absolute atomic E-state index is 14.4. The first-order valence-electron chi connectivity index (χ1n) is 20.4. The Morgan fingerprint density at radius 1 is 0.945 bits per heavy atom. The van der Waals surface area contributed by atoms with E-state index in [4.69, 9.17) is 14.9 Å². The van der Waals surface area contributed by atoms with Crippen molar-refractivity contribution in [3.8, 4) is 5.75 Å². The summed E-state index contributed by atoms with van der Waals surface area (Å²) in [5.74, 6) is -3.67. The van der Waals surface area contributed by atoms with Crippen molar-refractivity contribution in [1.82, 2.24) is 14.8 Å². The molecule has 2 amide bonds. The molecule has 1 aromatic carbocycles. The second-order valence-electron chi connectivity index (χ2n) is 16.2. The maximum atomic E-state index is 14.4. The van der Waals surface area contributed by atoms with Crippen LogP contribution in [0.4, 0.5) is 13.6 Å². The third kappa shape index (κ3) is 11.0. The van der Waals surface area contributed by atoms with E-state index in [-0.39, 0.29) is 37.0 Å². The standard InChI is InChI=1S/C43H62F2N4O6/c1-6-7-8-9-10-11-12-13-14-15-16-17-18-19-24-54-41(53)55-38-36-40(52)48-29-43(5,42(4,26-30(2)46)23-22-31(48)3)49(36)28-34(37(38)50)39(51)47-27-32-20-21-33(44)25-35(32)45/h20-21,25,28,31,46H,6-19,22-24,26-27,29H2,1-5H3,(H,47,51)/t31-,42+,43+/m0/s1. The predicted molar refractivity (Wildman–Crippen MR) is 210 cm³/mol. The molecule has 4 rings (SSSR count). The second-order valence-corrected chi connectivity index (χ2v) is 16.2. The van der Waals surface area contributed by atoms with Crippen LogP contribution in [0.25, 0.3) is 0 Å². The van der Waals surface area contributed by atoms with Gasteiger partial charge in [0.1, 0.15) is 17.2 Å². The molecule has 2 N–H and O–H groups in total. The number of hydrogen-bond acceptors (Lipinski definition) is 7. The Hall–Kier alpha value is -4.09. The number of hydrogen-bond donors (Lipinski definition) is 2. The van der Waals surface area contributed by atoms with Crippen LogP contribution < -0.4 is 15.5 Å². The van der Waals surface area contributed by atoms with Crippen LogP contribution in [-0.2, 0) is 16.8 Å². The van der Waals surface area contributed by atoms with Crippen LogP contribution in [0.5, 0.6) is 5.75 Å². The predicted octanol–water partition coefficient (Wildman–Crippen LogP) is 9.84. The van der Waals surface area contributed by atoms with Gasteiger partial charge in [0.2, 0.25) is 11.2 Å². The van der Waals surface area contributed by atoms with Crippen LogP contribution in [0.1, 0.15) is 170 Å². The lowest BCUT2D eigenvalue weighted by Gasteiger charge is -2.52. The average Bonchev–Trinajstić information content (AvgIpc) is 3.21. The molecule has 1 saturated heterocycles. The summed E-state index contributed by atoms with van der Waals surface area (Å²) in [4.78, 5) is 56.8. The van der Waals surface area contributed by atoms with Crippen molar-refractivity contribution in [2.75, 3.05) is 13.2 Å². The summed E-state index contributed by atoms with van der Waals surface area (Å²) in [5, 5.41) is 10.9. The van der Waals surface area contributed by atoms with Gasteiger partial charge in [0.05, 0.1) is 12.1 Å². The summed E-state index contributed by atoms with van der Waals surface area (Å²) in [7, 11) is 0. The van der Waals surface area contributed by atoms with Gasteiger partial charge in [-0.2, -0.15) is 0 Å². The van der Waals surface area contributed by atoms with Crippen LogP contribution in [0.2, 0.25) is 0 Å². The number of benzene rings is 1. The Kier molecular flexibility index (Phi) is 16.0. The molecule has 10 nitrogen and oxygen atoms in total. The molecule has 2 aliphatic heterocycles. The zero-order valence-corrected chi connectivity index (χ0v) is 33.6. The van der Waals surface area contributed by atoms with Crippen LogP contribution >= 0.6 is 0 Å². The number of aromatic nitrogens is 1. The fourth-order valence-electron chi connectivity index (χ4n) is 8.21. The van der Waals surface area contributed by atoms with Gasteiger partial charge in [0, 0.05) is 42.7 Å². The normalized spacial score (nSPS) is 20.5. The molecule has 2 aliphatic rings. The number of amides is 2. The molecular formula is C43H62F2N4O6. The minimum atomic E-state index is -1.16. The van der Waals surface area contributed by atoms with E-state index in [9.17, 15) is 28.0 Å². The van der Waals surface area contributed by atoms with Crippen molar-refractivity contribution in [2.24, 2.45) is 5.41 Å². The molecule has 1 fully saturated rings. The minimum Gasteiger partial charge on any atom is -0.434 e. The summed E-state index contributed by atoms with van der Waals surface area (Å²) in [5.41, 5.74) is -2.70. The molecule has 3 heterocycles. The molecule has 0 saturated carbocycles. The van der Waals surface area contributed by atoms with Crippen LogP contribution in [-0.4, -0.2) is 52.3 Å². The SMILES string of the molecule is CCCCCCCCCCCCCCCCOC(=O)Oc1c2n(cc(C(=O)NCc3ccc(F)cc3F)c1=O)[C@]1(C)CN(C2=O)[C@@H](C)CC[C@]1(C)CC(C)=N. The molecule has 0 aliphatic carbocycles. The molecule has 3 atom stereocenters. The number of fused-ring (bicyclic) bond motifs is 4. The van der Waals surface area contributed by atoms with E-state index in [1.54, 1.807) is 16.4 Å². The van der Waals surface area contributed by atoms with Gasteiger partial charge in [-0.05, 0) is 57.9 Å². The van der Waals surface area contributed by atoms with Crippen LogP contribution in [0, 0.1) is 22.5 Å². The first kappa shape index (κ1) is 43.6. The summed E-state index contributed by atoms with van der Waals surface area (Å²) in [6.07, 6.45) is 18.3. The molecule has 55 heavy (non-hydrogen) atoms. The Bertz CT molecular complexity index is 1730. The number of carbonyl (C=O) groups is 3. The van der Waals surface area contributed by atoms with Crippen molar-refractivity contribution in [3.63, 3.8) is 0 Å². The Balaban J connectivity index is 1.48. The number of unbranched alkanes of at least 4 members (excludes halogenated alkanes) is 13. The summed E-state index contributed by atoms with van der Waals surface area (Å²) >= 11 is 0. The first-order valence-corrected chi connectivity index (χ1v) is 20.4. The van der Waals surface area contributed by atoms with E-state index >= 15 is 0 Å². The van der Waals surface area contributed by atoms with E-state index in [1.165, 1.54) is 76.5 Å². The highest BCUT2D eigenvalue weighted by molar-refractivity contribution is 6.00. The van der Waals surface area contributed by atoms with Gasteiger partial charge in [-0.25, -0.2) is 13.6 Å². The highest BCUT2D eigenvalue weighted by atomic mass is 19.1. The van der Waals surface area contributed by atoms with Crippen molar-refractivity contribution in [2.45, 2.75) is 162 Å². The first-order chi connectivity index (χ1) is 26.2. The highest BCUT2D eigenvalue weighted by Crippen LogP contribution is 2.51. The van der Waals surface area contributed by atoms with Crippen molar-refractivity contribution < 1.29 is 32.6 Å². The molecule has 12 heteroatoms. The zero-order chi connectivity index (χ0) is 40.2. The molecule has 0 spiro atoms. The van der Waals surface area contributed by atoms with Gasteiger partial charge in [0.25, 0.3) is 11.8 Å². The van der Waals surface area contributed by atoms with Gasteiger partial charge in [0.15, 0.2) is 5.69 Å². The molecule has 0 unspecified atom stereocenters. The second kappa shape index (κ2) is 20.2. The number of nitrogens with one attached hydrogen (secondary N) is 2. The number of rotatable bonds is 21. The van der Waals surface area contributed by atoms with E-state index < -0.39 is 57.3 Å². The Morgan fingerprint density at radius 3 is 2.13 bits per heavy atom. The fraction of sp³-hybridized carbons (Fsp3) is 0.651. The third-order valence-electron chi connectivity index (χ3n) is 11.8. The van der Waals surface area contributed by atoms with Gasteiger partial charge in [-0.1, -0.05) is 103 Å². The van der Waals surface area contributed by atoms with Gasteiger partial charge >= 0.3 is 6.16 Å². The van der Waals surface area contributed by atoms with E-state index in [0.717, 1.165) is 25.3 Å². The molecular weight excluding hydrogens is 706 g/mol. The van der Waals surface area contributed by atoms with Crippen molar-refractivity contribution >= 4 is 23.7 Å². The zero-order valence-electron chi connectivity index (χ0n) is 33.6. The number of halogens is 2. The van der Waals surface area contributed by atoms with Gasteiger partial charge < -0.3 is 29.7 Å². The molecule has 2 bridgehead atoms. The van der Waals surface area contributed by atoms with Crippen LogP contribution in [0.3, 0.4) is 0 Å². The minimum absolute atomic E-state index is 0.000862. The molecule has 1 aromatic heterocycles. The van der Waals surface area contributed by atoms with E-state index in [2.05, 4.69) is 12.2 Å². The monoisotopic (exact) mass is 768 g/mol. The van der Waals surface area contributed by atoms with Crippen molar-refractivity contribution in [1.29, 1.82) is 5.41 Å². The Labute approximate surface area is 325 Å². The highest BCUT2D eigenvalue weighted by Gasteiger charge is 2.55. The smallest absolute Gasteiger partial charge is 0.434 e. The number of ether oxygens (including phenoxy) is 2. The van der Waals surface area contributed by atoms with Gasteiger partial charge in [-0.15, -0.1) is 0 Å². The lowest BCUT2D eigenvalue weighted by atomic mass is 9.65. The lowest BCUT2D eigenvalue weighted by molar-refractivity contribution is 0.0221. The van der Waals surface area contributed by atoms with Gasteiger partial charge in [-0.3, -0.25) is 14.4 Å². The fourth-order valence-corrected chi connectivity index (χ4v) is 8.21. The lowest BCUT2D eigenvalue weighted by Crippen LogP contribution is -2.60. The summed E-state index contributed by atoms with van der Waals surface area (Å²) in [6, 6.07) is 2.74. The molecule has 0 radical (unpaired) electrons. The molecule has 2 aromatic rings. The summed E-state index contributed by atoms with van der Waals surface area (Å²) in [6.45, 7) is 9.78. The van der Waals surface area contributed by atoms with E-state index in [1.807, 2.05) is 20.8 Å². The maximum Gasteiger partial charge on any atom is 0.514 e. The summed E-state index contributed by atoms with van der Waals surface area (Å²) < 4.78 is 40.5. The number of pyridine rings is 1. The quantitative estimate of drug-likeness (QED) is 0.0739. The molecule has 304 valence electrons. The Morgan fingerprint density at radius 2 is 1.55 bits per heavy atom. The van der Waals surface area contributed by atoms with Crippen LogP contribution in [0.15, 0.2) is 29.2 Å². The average molecular weight is 769 g/mol. The third-order valence-corrected chi connectivity index (χ3v) is 11.8. The van der Waals surface area contributed by atoms with Crippen molar-refractivity contribution in [3.05, 3.63) is 63.1 Å².